The zero-order valence-electron chi connectivity index (χ0n) is 16.8. The first kappa shape index (κ1) is 20.2. The summed E-state index contributed by atoms with van der Waals surface area (Å²) in [5.41, 5.74) is 7.31. The van der Waals surface area contributed by atoms with E-state index >= 15 is 0 Å². The topological polar surface area (TPSA) is 97.4 Å². The van der Waals surface area contributed by atoms with Gasteiger partial charge in [0, 0.05) is 41.4 Å². The SMILES string of the molecule is C[C@](O)(C#Cc1ccc2c(c1)N(c1nc(N)ncc1Cl)CC21CCOC1)c1nccs1. The summed E-state index contributed by atoms with van der Waals surface area (Å²) < 4.78 is 5.76. The Balaban J connectivity index is 1.58. The third-order valence-corrected chi connectivity index (χ3v) is 6.97. The van der Waals surface area contributed by atoms with Crippen molar-refractivity contribution in [1.29, 1.82) is 0 Å². The monoisotopic (exact) mass is 453 g/mol. The summed E-state index contributed by atoms with van der Waals surface area (Å²) in [5.74, 6) is 6.78. The Morgan fingerprint density at radius 1 is 1.39 bits per heavy atom. The molecule has 5 rings (SSSR count). The summed E-state index contributed by atoms with van der Waals surface area (Å²) in [4.78, 5) is 14.6. The van der Waals surface area contributed by atoms with E-state index in [1.165, 1.54) is 23.1 Å². The molecule has 3 aromatic rings. The van der Waals surface area contributed by atoms with Crippen molar-refractivity contribution in [3.05, 3.63) is 57.1 Å². The Bertz CT molecular complexity index is 1200. The lowest BCUT2D eigenvalue weighted by molar-refractivity contribution is 0.122. The first-order valence-electron chi connectivity index (χ1n) is 9.81. The fourth-order valence-electron chi connectivity index (χ4n) is 4.16. The van der Waals surface area contributed by atoms with Gasteiger partial charge in [0.1, 0.15) is 10.0 Å². The van der Waals surface area contributed by atoms with Crippen LogP contribution in [0.3, 0.4) is 0 Å². The Morgan fingerprint density at radius 3 is 3.00 bits per heavy atom. The second-order valence-electron chi connectivity index (χ2n) is 7.96. The predicted molar refractivity (Wildman–Crippen MR) is 121 cm³/mol. The molecular weight excluding hydrogens is 434 g/mol. The van der Waals surface area contributed by atoms with Gasteiger partial charge in [-0.05, 0) is 31.0 Å². The van der Waals surface area contributed by atoms with E-state index in [2.05, 4.69) is 37.8 Å². The van der Waals surface area contributed by atoms with E-state index in [1.807, 2.05) is 17.5 Å². The van der Waals surface area contributed by atoms with E-state index in [-0.39, 0.29) is 11.4 Å². The normalized spacial score (nSPS) is 21.6. The minimum absolute atomic E-state index is 0.128. The summed E-state index contributed by atoms with van der Waals surface area (Å²) in [6.07, 6.45) is 4.09. The van der Waals surface area contributed by atoms with Crippen LogP contribution in [-0.2, 0) is 15.8 Å². The van der Waals surface area contributed by atoms with Crippen molar-refractivity contribution in [3.8, 4) is 11.8 Å². The molecule has 0 aliphatic carbocycles. The first-order chi connectivity index (χ1) is 14.9. The number of aliphatic hydroxyl groups is 1. The van der Waals surface area contributed by atoms with Crippen LogP contribution in [0.1, 0.15) is 29.5 Å². The Morgan fingerprint density at radius 2 is 2.26 bits per heavy atom. The van der Waals surface area contributed by atoms with Gasteiger partial charge in [0.2, 0.25) is 5.95 Å². The fourth-order valence-corrected chi connectivity index (χ4v) is 5.01. The summed E-state index contributed by atoms with van der Waals surface area (Å²) in [6.45, 7) is 3.68. The number of anilines is 3. The van der Waals surface area contributed by atoms with Crippen molar-refractivity contribution in [2.45, 2.75) is 24.4 Å². The third-order valence-electron chi connectivity index (χ3n) is 5.72. The van der Waals surface area contributed by atoms with Gasteiger partial charge in [-0.15, -0.1) is 11.3 Å². The van der Waals surface area contributed by atoms with Crippen molar-refractivity contribution in [3.63, 3.8) is 0 Å². The maximum absolute atomic E-state index is 10.7. The van der Waals surface area contributed by atoms with Gasteiger partial charge >= 0.3 is 0 Å². The van der Waals surface area contributed by atoms with Crippen molar-refractivity contribution >= 4 is 40.4 Å². The zero-order valence-corrected chi connectivity index (χ0v) is 18.4. The molecule has 0 saturated carbocycles. The quantitative estimate of drug-likeness (QED) is 0.575. The molecule has 2 atom stereocenters. The van der Waals surface area contributed by atoms with Gasteiger partial charge in [-0.2, -0.15) is 4.98 Å². The van der Waals surface area contributed by atoms with Crippen LogP contribution in [-0.4, -0.2) is 39.8 Å². The summed E-state index contributed by atoms with van der Waals surface area (Å²) >= 11 is 7.81. The number of nitrogen functional groups attached to an aromatic ring is 1. The van der Waals surface area contributed by atoms with Gasteiger partial charge in [0.25, 0.3) is 0 Å². The Hall–Kier alpha value is -2.70. The number of thiazole rings is 1. The molecule has 1 unspecified atom stereocenters. The van der Waals surface area contributed by atoms with Crippen LogP contribution in [0, 0.1) is 11.8 Å². The van der Waals surface area contributed by atoms with Crippen molar-refractivity contribution in [1.82, 2.24) is 15.0 Å². The second-order valence-corrected chi connectivity index (χ2v) is 9.26. The smallest absolute Gasteiger partial charge is 0.222 e. The molecule has 1 aromatic carbocycles. The summed E-state index contributed by atoms with van der Waals surface area (Å²) in [5, 5.41) is 13.5. The van der Waals surface area contributed by atoms with Gasteiger partial charge in [-0.1, -0.05) is 29.5 Å². The van der Waals surface area contributed by atoms with Crippen molar-refractivity contribution in [2.24, 2.45) is 0 Å². The highest BCUT2D eigenvalue weighted by Crippen LogP contribution is 2.49. The summed E-state index contributed by atoms with van der Waals surface area (Å²) in [6, 6.07) is 6.07. The number of aromatic nitrogens is 3. The fraction of sp³-hybridized carbons (Fsp3) is 0.318. The molecule has 158 valence electrons. The number of hydrogen-bond acceptors (Lipinski definition) is 8. The molecule has 3 N–H and O–H groups in total. The Kier molecular flexibility index (Phi) is 4.87. The molecule has 1 fully saturated rings. The zero-order chi connectivity index (χ0) is 21.6. The molecule has 0 amide bonds. The molecular formula is C22H20ClN5O2S. The molecule has 0 bridgehead atoms. The highest BCUT2D eigenvalue weighted by Gasteiger charge is 2.46. The van der Waals surface area contributed by atoms with Gasteiger partial charge in [0.05, 0.1) is 12.8 Å². The average molecular weight is 454 g/mol. The number of fused-ring (bicyclic) bond motifs is 2. The highest BCUT2D eigenvalue weighted by molar-refractivity contribution is 7.09. The van der Waals surface area contributed by atoms with Crippen LogP contribution >= 0.6 is 22.9 Å². The molecule has 7 nitrogen and oxygen atoms in total. The average Bonchev–Trinajstić information content (AvgIpc) is 3.50. The van der Waals surface area contributed by atoms with E-state index in [0.29, 0.717) is 35.6 Å². The lowest BCUT2D eigenvalue weighted by Gasteiger charge is -2.24. The third kappa shape index (κ3) is 3.54. The van der Waals surface area contributed by atoms with Gasteiger partial charge in [-0.3, -0.25) is 0 Å². The maximum Gasteiger partial charge on any atom is 0.222 e. The molecule has 1 saturated heterocycles. The van der Waals surface area contributed by atoms with E-state index < -0.39 is 5.60 Å². The number of nitrogens with two attached hydrogens (primary N) is 1. The van der Waals surface area contributed by atoms with Crippen LogP contribution in [0.15, 0.2) is 36.0 Å². The van der Waals surface area contributed by atoms with E-state index in [1.54, 1.807) is 13.1 Å². The lowest BCUT2D eigenvalue weighted by atomic mass is 9.81. The molecule has 1 spiro atoms. The molecule has 2 aliphatic heterocycles. The number of nitrogens with zero attached hydrogens (tertiary/aromatic N) is 4. The lowest BCUT2D eigenvalue weighted by Crippen LogP contribution is -2.32. The number of ether oxygens (including phenoxy) is 1. The molecule has 31 heavy (non-hydrogen) atoms. The molecule has 2 aromatic heterocycles. The predicted octanol–water partition coefficient (Wildman–Crippen LogP) is 3.24. The number of halogens is 1. The second kappa shape index (κ2) is 7.46. The van der Waals surface area contributed by atoms with Gasteiger partial charge in [0.15, 0.2) is 11.4 Å². The number of hydrogen-bond donors (Lipinski definition) is 2. The van der Waals surface area contributed by atoms with Crippen molar-refractivity contribution in [2.75, 3.05) is 30.4 Å². The molecule has 4 heterocycles. The highest BCUT2D eigenvalue weighted by atomic mass is 35.5. The van der Waals surface area contributed by atoms with E-state index in [4.69, 9.17) is 22.1 Å². The standard InChI is InChI=1S/C22H20ClN5O2S/c1-21(29,19-25-7-9-31-19)5-4-14-2-3-15-17(10-14)28(12-22(15)6-8-30-13-22)18-16(23)11-26-20(24)27-18/h2-3,7,9-11,29H,6,8,12-13H2,1H3,(H2,24,26,27)/t21-,22?/m0/s1. The van der Waals surface area contributed by atoms with Crippen LogP contribution in [0.2, 0.25) is 5.02 Å². The van der Waals surface area contributed by atoms with Gasteiger partial charge < -0.3 is 20.5 Å². The largest absolute Gasteiger partial charge is 0.380 e. The minimum Gasteiger partial charge on any atom is -0.380 e. The van der Waals surface area contributed by atoms with Crippen LogP contribution in [0.5, 0.6) is 0 Å². The van der Waals surface area contributed by atoms with E-state index in [9.17, 15) is 5.11 Å². The molecule has 2 aliphatic rings. The van der Waals surface area contributed by atoms with Crippen molar-refractivity contribution < 1.29 is 9.84 Å². The Labute approximate surface area is 188 Å². The minimum atomic E-state index is -1.32. The number of rotatable bonds is 2. The number of benzene rings is 1. The van der Waals surface area contributed by atoms with E-state index in [0.717, 1.165) is 17.7 Å². The van der Waals surface area contributed by atoms with Crippen LogP contribution < -0.4 is 10.6 Å². The van der Waals surface area contributed by atoms with Gasteiger partial charge in [-0.25, -0.2) is 9.97 Å². The molecule has 9 heteroatoms. The maximum atomic E-state index is 10.7. The van der Waals surface area contributed by atoms with Crippen LogP contribution in [0.4, 0.5) is 17.5 Å². The summed E-state index contributed by atoms with van der Waals surface area (Å²) in [7, 11) is 0. The first-order valence-corrected chi connectivity index (χ1v) is 11.1. The molecule has 0 radical (unpaired) electrons. The van der Waals surface area contributed by atoms with Crippen LogP contribution in [0.25, 0.3) is 0 Å².